The lowest BCUT2D eigenvalue weighted by Gasteiger charge is -2.29. The fraction of sp³-hybridized carbons (Fsp3) is 0.333. The second-order valence-electron chi connectivity index (χ2n) is 6.76. The van der Waals surface area contributed by atoms with E-state index in [9.17, 15) is 4.79 Å². The highest BCUT2D eigenvalue weighted by Gasteiger charge is 2.26. The molecule has 2 aromatic heterocycles. The lowest BCUT2D eigenvalue weighted by atomic mass is 9.99. The summed E-state index contributed by atoms with van der Waals surface area (Å²) in [5.41, 5.74) is 3.17. The molecule has 0 bridgehead atoms. The average Bonchev–Trinajstić information content (AvgIpc) is 3.13. The molecular formula is C21H22N4O2S. The summed E-state index contributed by atoms with van der Waals surface area (Å²) in [4.78, 5) is 28.6. The summed E-state index contributed by atoms with van der Waals surface area (Å²) in [7, 11) is 0. The molecule has 3 aromatic rings. The number of aryl methyl sites for hydroxylation is 1. The van der Waals surface area contributed by atoms with Crippen molar-refractivity contribution in [2.24, 2.45) is 0 Å². The number of benzene rings is 1. The molecule has 6 nitrogen and oxygen atoms in total. The number of carbonyl (C=O) groups excluding carboxylic acids is 1. The van der Waals surface area contributed by atoms with Gasteiger partial charge in [-0.25, -0.2) is 15.0 Å². The van der Waals surface area contributed by atoms with Crippen LogP contribution < -0.4 is 4.74 Å². The molecule has 28 heavy (non-hydrogen) atoms. The van der Waals surface area contributed by atoms with Gasteiger partial charge in [0.05, 0.1) is 12.3 Å². The zero-order chi connectivity index (χ0) is 19.5. The van der Waals surface area contributed by atoms with E-state index in [0.29, 0.717) is 28.8 Å². The molecule has 7 heteroatoms. The number of aromatic nitrogens is 3. The fourth-order valence-electron chi connectivity index (χ4n) is 3.26. The highest BCUT2D eigenvalue weighted by Crippen LogP contribution is 2.29. The molecule has 0 N–H and O–H groups in total. The van der Waals surface area contributed by atoms with E-state index in [0.717, 1.165) is 30.9 Å². The number of thiazole rings is 1. The first kappa shape index (κ1) is 18.6. The van der Waals surface area contributed by atoms with Crippen LogP contribution in [0.3, 0.4) is 0 Å². The smallest absolute Gasteiger partial charge is 0.266 e. The van der Waals surface area contributed by atoms with E-state index in [1.807, 2.05) is 17.9 Å². The van der Waals surface area contributed by atoms with Gasteiger partial charge >= 0.3 is 0 Å². The minimum atomic E-state index is 0.0224. The van der Waals surface area contributed by atoms with Crippen LogP contribution in [-0.2, 0) is 13.0 Å². The average molecular weight is 395 g/mol. The molecular weight excluding hydrogens is 372 g/mol. The van der Waals surface area contributed by atoms with Crippen molar-refractivity contribution in [3.05, 3.63) is 58.4 Å². The van der Waals surface area contributed by atoms with Gasteiger partial charge < -0.3 is 9.64 Å². The highest BCUT2D eigenvalue weighted by atomic mass is 32.1. The monoisotopic (exact) mass is 394 g/mol. The number of amides is 1. The maximum Gasteiger partial charge on any atom is 0.266 e. The van der Waals surface area contributed by atoms with Gasteiger partial charge in [-0.2, -0.15) is 0 Å². The first-order valence-electron chi connectivity index (χ1n) is 9.44. The minimum Gasteiger partial charge on any atom is -0.494 e. The largest absolute Gasteiger partial charge is 0.494 e. The van der Waals surface area contributed by atoms with Crippen LogP contribution in [0.4, 0.5) is 0 Å². The summed E-state index contributed by atoms with van der Waals surface area (Å²) in [6.45, 7) is 5.99. The lowest BCUT2D eigenvalue weighted by Crippen LogP contribution is -2.35. The number of hydrogen-bond donors (Lipinski definition) is 0. The summed E-state index contributed by atoms with van der Waals surface area (Å²) < 4.78 is 5.73. The number of hydrogen-bond acceptors (Lipinski definition) is 6. The molecule has 0 spiro atoms. The van der Waals surface area contributed by atoms with Crippen molar-refractivity contribution in [3.8, 4) is 16.6 Å². The molecule has 0 aliphatic carbocycles. The number of rotatable bonds is 5. The Labute approximate surface area is 168 Å². The van der Waals surface area contributed by atoms with Crippen molar-refractivity contribution < 1.29 is 9.53 Å². The molecule has 0 saturated heterocycles. The molecule has 1 aliphatic rings. The summed E-state index contributed by atoms with van der Waals surface area (Å²) in [6.07, 6.45) is 5.18. The van der Waals surface area contributed by atoms with Crippen LogP contribution in [0.1, 0.15) is 39.8 Å². The number of nitrogens with zero attached hydrogens (tertiary/aromatic N) is 4. The quantitative estimate of drug-likeness (QED) is 0.657. The van der Waals surface area contributed by atoms with E-state index in [1.54, 1.807) is 18.5 Å². The third-order valence-corrected chi connectivity index (χ3v) is 5.84. The Morgan fingerprint density at radius 3 is 2.86 bits per heavy atom. The predicted molar refractivity (Wildman–Crippen MR) is 109 cm³/mol. The summed E-state index contributed by atoms with van der Waals surface area (Å²) in [5.74, 6) is 1.48. The molecule has 144 valence electrons. The Balaban J connectivity index is 1.52. The van der Waals surface area contributed by atoms with Crippen molar-refractivity contribution in [3.63, 3.8) is 0 Å². The van der Waals surface area contributed by atoms with Crippen LogP contribution >= 0.6 is 11.3 Å². The third kappa shape index (κ3) is 3.75. The van der Waals surface area contributed by atoms with Crippen LogP contribution in [0.15, 0.2) is 36.7 Å². The van der Waals surface area contributed by atoms with Gasteiger partial charge in [0.15, 0.2) is 10.8 Å². The van der Waals surface area contributed by atoms with E-state index in [4.69, 9.17) is 4.74 Å². The molecule has 1 aromatic carbocycles. The SMILES string of the molecule is CCCOc1ccc2c(c1)CCN(C(=O)c1sc(-c3ncccn3)nc1C)C2. The third-order valence-electron chi connectivity index (χ3n) is 4.70. The van der Waals surface area contributed by atoms with Gasteiger partial charge in [0.1, 0.15) is 10.6 Å². The van der Waals surface area contributed by atoms with Gasteiger partial charge in [0.2, 0.25) is 0 Å². The van der Waals surface area contributed by atoms with Crippen LogP contribution in [-0.4, -0.2) is 38.9 Å². The van der Waals surface area contributed by atoms with Crippen molar-refractivity contribution in [1.82, 2.24) is 19.9 Å². The van der Waals surface area contributed by atoms with Gasteiger partial charge in [0.25, 0.3) is 5.91 Å². The van der Waals surface area contributed by atoms with Crippen LogP contribution in [0, 0.1) is 6.92 Å². The normalized spacial score (nSPS) is 13.3. The number of carbonyl (C=O) groups is 1. The molecule has 0 atom stereocenters. The fourth-order valence-corrected chi connectivity index (χ4v) is 4.24. The molecule has 0 fully saturated rings. The summed E-state index contributed by atoms with van der Waals surface area (Å²) >= 11 is 1.36. The number of fused-ring (bicyclic) bond motifs is 1. The Hall–Kier alpha value is -2.80. The predicted octanol–water partition coefficient (Wildman–Crippen LogP) is 3.90. The molecule has 1 aliphatic heterocycles. The summed E-state index contributed by atoms with van der Waals surface area (Å²) in [6, 6.07) is 7.93. The lowest BCUT2D eigenvalue weighted by molar-refractivity contribution is 0.0738. The van der Waals surface area contributed by atoms with Gasteiger partial charge in [0, 0.05) is 25.5 Å². The summed E-state index contributed by atoms with van der Waals surface area (Å²) in [5, 5.41) is 0.677. The van der Waals surface area contributed by atoms with Gasteiger partial charge in [-0.3, -0.25) is 4.79 Å². The molecule has 3 heterocycles. The highest BCUT2D eigenvalue weighted by molar-refractivity contribution is 7.17. The van der Waals surface area contributed by atoms with Crippen molar-refractivity contribution >= 4 is 17.2 Å². The topological polar surface area (TPSA) is 68.2 Å². The van der Waals surface area contributed by atoms with Crippen LogP contribution in [0.25, 0.3) is 10.8 Å². The molecule has 1 amide bonds. The van der Waals surface area contributed by atoms with Gasteiger partial charge in [-0.15, -0.1) is 11.3 Å². The van der Waals surface area contributed by atoms with Gasteiger partial charge in [-0.05, 0) is 49.1 Å². The van der Waals surface area contributed by atoms with E-state index in [-0.39, 0.29) is 5.91 Å². The molecule has 0 saturated carbocycles. The van der Waals surface area contributed by atoms with Crippen molar-refractivity contribution in [2.75, 3.05) is 13.2 Å². The van der Waals surface area contributed by atoms with Crippen LogP contribution in [0.5, 0.6) is 5.75 Å². The Morgan fingerprint density at radius 2 is 2.07 bits per heavy atom. The van der Waals surface area contributed by atoms with Gasteiger partial charge in [-0.1, -0.05) is 13.0 Å². The Bertz CT molecular complexity index is 987. The first-order valence-corrected chi connectivity index (χ1v) is 10.3. The van der Waals surface area contributed by atoms with Crippen molar-refractivity contribution in [2.45, 2.75) is 33.2 Å². The minimum absolute atomic E-state index is 0.0224. The zero-order valence-electron chi connectivity index (χ0n) is 16.0. The molecule has 4 rings (SSSR count). The Kier molecular flexibility index (Phi) is 5.34. The van der Waals surface area contributed by atoms with E-state index in [2.05, 4.69) is 34.0 Å². The second-order valence-corrected chi connectivity index (χ2v) is 7.76. The Morgan fingerprint density at radius 1 is 1.25 bits per heavy atom. The molecule has 0 unspecified atom stereocenters. The number of ether oxygens (including phenoxy) is 1. The van der Waals surface area contributed by atoms with E-state index < -0.39 is 0 Å². The zero-order valence-corrected chi connectivity index (χ0v) is 16.8. The maximum atomic E-state index is 13.1. The van der Waals surface area contributed by atoms with E-state index in [1.165, 1.54) is 22.5 Å². The first-order chi connectivity index (χ1) is 13.7. The second kappa shape index (κ2) is 8.06. The van der Waals surface area contributed by atoms with Crippen LogP contribution in [0.2, 0.25) is 0 Å². The van der Waals surface area contributed by atoms with Crippen molar-refractivity contribution in [1.29, 1.82) is 0 Å². The maximum absolute atomic E-state index is 13.1. The van der Waals surface area contributed by atoms with E-state index >= 15 is 0 Å². The standard InChI is InChI=1S/C21H22N4O2S/c1-3-11-27-17-6-5-16-13-25(10-7-15(16)12-17)21(26)18-14(2)24-20(28-18)19-22-8-4-9-23-19/h4-6,8-9,12H,3,7,10-11,13H2,1-2H3. The molecule has 0 radical (unpaired) electrons.